The second kappa shape index (κ2) is 7.69. The van der Waals surface area contributed by atoms with Gasteiger partial charge in [-0.1, -0.05) is 0 Å². The summed E-state index contributed by atoms with van der Waals surface area (Å²) >= 11 is 0. The highest BCUT2D eigenvalue weighted by atomic mass is 16.6. The first-order valence-electron chi connectivity index (χ1n) is 9.40. The number of nitrogens with one attached hydrogen (secondary N) is 2. The van der Waals surface area contributed by atoms with Crippen molar-refractivity contribution in [3.05, 3.63) is 35.5 Å². The Bertz CT molecular complexity index is 1110. The van der Waals surface area contributed by atoms with E-state index in [4.69, 9.17) is 21.1 Å². The number of hydrogen-bond acceptors (Lipinski definition) is 10. The summed E-state index contributed by atoms with van der Waals surface area (Å²) in [5.74, 6) is 6.55. The van der Waals surface area contributed by atoms with Gasteiger partial charge in [0.15, 0.2) is 5.65 Å². The average Bonchev–Trinajstić information content (AvgIpc) is 3.12. The van der Waals surface area contributed by atoms with Crippen LogP contribution >= 0.6 is 0 Å². The van der Waals surface area contributed by atoms with Crippen molar-refractivity contribution in [1.82, 2.24) is 14.6 Å². The Labute approximate surface area is 172 Å². The molecule has 11 nitrogen and oxygen atoms in total. The van der Waals surface area contributed by atoms with Crippen molar-refractivity contribution >= 4 is 40.3 Å². The SMILES string of the molecule is CNc1cc2nc3c(cnn13)C(=O)OC(C)COCc1cc(c(N)c(N(C)N)c1)N2. The summed E-state index contributed by atoms with van der Waals surface area (Å²) in [5.41, 5.74) is 9.53. The van der Waals surface area contributed by atoms with E-state index in [9.17, 15) is 4.79 Å². The fraction of sp³-hybridized carbons (Fsp3) is 0.316. The van der Waals surface area contributed by atoms with Crippen LogP contribution in [-0.2, 0) is 16.1 Å². The Morgan fingerprint density at radius 3 is 2.90 bits per heavy atom. The number of benzene rings is 1. The minimum absolute atomic E-state index is 0.229. The predicted octanol–water partition coefficient (Wildman–Crippen LogP) is 1.48. The van der Waals surface area contributed by atoms with E-state index >= 15 is 0 Å². The summed E-state index contributed by atoms with van der Waals surface area (Å²) in [6.45, 7) is 2.29. The summed E-state index contributed by atoms with van der Waals surface area (Å²) in [6, 6.07) is 5.50. The van der Waals surface area contributed by atoms with Crippen molar-refractivity contribution in [3.63, 3.8) is 0 Å². The molecule has 1 aromatic carbocycles. The lowest BCUT2D eigenvalue weighted by Gasteiger charge is -2.21. The van der Waals surface area contributed by atoms with Crippen molar-refractivity contribution < 1.29 is 14.3 Å². The number of hydrogen-bond donors (Lipinski definition) is 4. The molecule has 1 unspecified atom stereocenters. The second-order valence-electron chi connectivity index (χ2n) is 7.11. The number of nitrogens with zero attached hydrogens (tertiary/aromatic N) is 4. The van der Waals surface area contributed by atoms with Crippen molar-refractivity contribution in [2.75, 3.05) is 42.1 Å². The van der Waals surface area contributed by atoms with Gasteiger partial charge in [-0.15, -0.1) is 0 Å². The molecule has 0 saturated heterocycles. The van der Waals surface area contributed by atoms with Gasteiger partial charge in [-0.25, -0.2) is 15.6 Å². The Morgan fingerprint density at radius 1 is 1.37 bits per heavy atom. The molecule has 0 aliphatic carbocycles. The molecular formula is C19H24N8O3. The molecular weight excluding hydrogens is 388 g/mol. The van der Waals surface area contributed by atoms with Crippen LogP contribution in [0.3, 0.4) is 0 Å². The maximum Gasteiger partial charge on any atom is 0.344 e. The Balaban J connectivity index is 1.90. The van der Waals surface area contributed by atoms with Gasteiger partial charge in [0.1, 0.15) is 23.3 Å². The number of anilines is 5. The van der Waals surface area contributed by atoms with Crippen molar-refractivity contribution in [1.29, 1.82) is 0 Å². The third-order valence-electron chi connectivity index (χ3n) is 4.74. The Kier molecular flexibility index (Phi) is 5.06. The van der Waals surface area contributed by atoms with E-state index in [1.807, 2.05) is 12.1 Å². The zero-order chi connectivity index (χ0) is 21.4. The van der Waals surface area contributed by atoms with Gasteiger partial charge in [-0.05, 0) is 24.6 Å². The molecule has 3 heterocycles. The van der Waals surface area contributed by atoms with Crippen LogP contribution in [0.15, 0.2) is 24.4 Å². The normalized spacial score (nSPS) is 16.7. The number of aromatic nitrogens is 3. The lowest BCUT2D eigenvalue weighted by Crippen LogP contribution is -2.26. The van der Waals surface area contributed by atoms with Crippen LogP contribution in [0.4, 0.5) is 28.7 Å². The zero-order valence-electron chi connectivity index (χ0n) is 17.0. The fourth-order valence-corrected chi connectivity index (χ4v) is 3.28. The number of nitrogens with two attached hydrogens (primary N) is 2. The molecule has 0 radical (unpaired) electrons. The molecule has 30 heavy (non-hydrogen) atoms. The average molecular weight is 412 g/mol. The number of cyclic esters (lactones) is 1. The number of carbonyl (C=O) groups is 1. The summed E-state index contributed by atoms with van der Waals surface area (Å²) in [4.78, 5) is 17.2. The van der Waals surface area contributed by atoms with E-state index in [1.54, 1.807) is 27.1 Å². The van der Waals surface area contributed by atoms with Crippen LogP contribution < -0.4 is 27.2 Å². The third-order valence-corrected chi connectivity index (χ3v) is 4.74. The molecule has 3 aromatic rings. The van der Waals surface area contributed by atoms with Crippen LogP contribution in [0.5, 0.6) is 0 Å². The number of hydrazine groups is 1. The first-order chi connectivity index (χ1) is 14.4. The highest BCUT2D eigenvalue weighted by Crippen LogP contribution is 2.34. The van der Waals surface area contributed by atoms with E-state index < -0.39 is 12.1 Å². The van der Waals surface area contributed by atoms with Gasteiger partial charge >= 0.3 is 5.97 Å². The molecule has 0 spiro atoms. The summed E-state index contributed by atoms with van der Waals surface area (Å²) in [7, 11) is 3.47. The number of nitrogen functional groups attached to an aromatic ring is 1. The standard InChI is InChI=1S/C19H24N8O3/c1-10-8-29-9-11-4-13(17(20)14(5-11)26(3)21)24-15-6-16(22-2)27-18(25-15)12(7-23-27)19(28)30-10/h4-7,10,22H,8-9,20-21H2,1-3H3,(H,24,25). The largest absolute Gasteiger partial charge is 0.456 e. The molecule has 11 heteroatoms. The highest BCUT2D eigenvalue weighted by molar-refractivity contribution is 5.96. The van der Waals surface area contributed by atoms with E-state index in [0.29, 0.717) is 41.0 Å². The van der Waals surface area contributed by atoms with Gasteiger partial charge in [0.2, 0.25) is 0 Å². The van der Waals surface area contributed by atoms with Gasteiger partial charge in [0.25, 0.3) is 0 Å². The molecule has 2 aromatic heterocycles. The zero-order valence-corrected chi connectivity index (χ0v) is 17.0. The van der Waals surface area contributed by atoms with Crippen molar-refractivity contribution in [2.45, 2.75) is 19.6 Å². The summed E-state index contributed by atoms with van der Waals surface area (Å²) in [5, 5.41) is 12.0. The number of rotatable bonds is 2. The van der Waals surface area contributed by atoms with Crippen LogP contribution in [0.2, 0.25) is 0 Å². The van der Waals surface area contributed by atoms with E-state index in [1.165, 1.54) is 15.7 Å². The van der Waals surface area contributed by atoms with E-state index in [0.717, 1.165) is 5.56 Å². The lowest BCUT2D eigenvalue weighted by atomic mass is 10.1. The number of esters is 1. The molecule has 0 saturated carbocycles. The lowest BCUT2D eigenvalue weighted by molar-refractivity contribution is -0.00150. The van der Waals surface area contributed by atoms with Gasteiger partial charge in [0.05, 0.1) is 36.5 Å². The second-order valence-corrected chi connectivity index (χ2v) is 7.11. The molecule has 158 valence electrons. The van der Waals surface area contributed by atoms with Gasteiger partial charge in [-0.3, -0.25) is 0 Å². The minimum Gasteiger partial charge on any atom is -0.456 e. The van der Waals surface area contributed by atoms with Crippen LogP contribution in [0, 0.1) is 0 Å². The summed E-state index contributed by atoms with van der Waals surface area (Å²) in [6.07, 6.45) is 0.982. The highest BCUT2D eigenvalue weighted by Gasteiger charge is 2.21. The molecule has 6 N–H and O–H groups in total. The quantitative estimate of drug-likeness (QED) is 0.211. The maximum absolute atomic E-state index is 12.7. The molecule has 1 aliphatic rings. The smallest absolute Gasteiger partial charge is 0.344 e. The van der Waals surface area contributed by atoms with E-state index in [-0.39, 0.29) is 12.2 Å². The van der Waals surface area contributed by atoms with E-state index in [2.05, 4.69) is 20.7 Å². The topological polar surface area (TPSA) is 145 Å². The van der Waals surface area contributed by atoms with Crippen molar-refractivity contribution in [3.8, 4) is 0 Å². The molecule has 4 bridgehead atoms. The van der Waals surface area contributed by atoms with Crippen LogP contribution in [-0.4, -0.2) is 47.4 Å². The monoisotopic (exact) mass is 412 g/mol. The van der Waals surface area contributed by atoms with Gasteiger partial charge < -0.3 is 30.8 Å². The summed E-state index contributed by atoms with van der Waals surface area (Å²) < 4.78 is 12.8. The number of ether oxygens (including phenoxy) is 2. The third kappa shape index (κ3) is 3.55. The van der Waals surface area contributed by atoms with Gasteiger partial charge in [-0.2, -0.15) is 9.61 Å². The first-order valence-corrected chi connectivity index (χ1v) is 9.40. The fourth-order valence-electron chi connectivity index (χ4n) is 3.28. The first kappa shape index (κ1) is 19.7. The Morgan fingerprint density at radius 2 is 2.17 bits per heavy atom. The van der Waals surface area contributed by atoms with Gasteiger partial charge in [0, 0.05) is 20.2 Å². The minimum atomic E-state index is -0.519. The van der Waals surface area contributed by atoms with Crippen LogP contribution in [0.25, 0.3) is 5.65 Å². The Hall–Kier alpha value is -3.57. The van der Waals surface area contributed by atoms with Crippen molar-refractivity contribution in [2.24, 2.45) is 5.84 Å². The predicted molar refractivity (Wildman–Crippen MR) is 114 cm³/mol. The molecule has 1 atom stereocenters. The molecule has 0 fully saturated rings. The molecule has 4 rings (SSSR count). The number of carbonyl (C=O) groups excluding carboxylic acids is 1. The van der Waals surface area contributed by atoms with Crippen LogP contribution in [0.1, 0.15) is 22.8 Å². The molecule has 0 amide bonds. The maximum atomic E-state index is 12.7. The molecule has 1 aliphatic heterocycles. The number of fused-ring (bicyclic) bond motifs is 3.